The van der Waals surface area contributed by atoms with Crippen molar-refractivity contribution in [3.05, 3.63) is 44.7 Å². The monoisotopic (exact) mass is 249 g/mol. The van der Waals surface area contributed by atoms with Gasteiger partial charge in [0.1, 0.15) is 0 Å². The van der Waals surface area contributed by atoms with Crippen LogP contribution in [0, 0.1) is 6.92 Å². The van der Waals surface area contributed by atoms with Gasteiger partial charge in [0.25, 0.3) is 0 Å². The lowest BCUT2D eigenvalue weighted by molar-refractivity contribution is 0.571. The van der Waals surface area contributed by atoms with Crippen LogP contribution >= 0.6 is 11.6 Å². The SMILES string of the molecule is Cc1cc(Cl)c2[nH]c(C(C)(C)C)cc(=O)c2c1. The molecule has 2 rings (SSSR count). The van der Waals surface area contributed by atoms with Crippen molar-refractivity contribution < 1.29 is 0 Å². The van der Waals surface area contributed by atoms with Gasteiger partial charge in [-0.15, -0.1) is 0 Å². The van der Waals surface area contributed by atoms with Gasteiger partial charge in [-0.3, -0.25) is 4.79 Å². The smallest absolute Gasteiger partial charge is 0.189 e. The van der Waals surface area contributed by atoms with Crippen LogP contribution in [0.1, 0.15) is 32.0 Å². The standard InChI is InChI=1S/C14H16ClNO/c1-8-5-9-11(17)7-12(14(2,3)4)16-13(9)10(15)6-8/h5-7H,1-4H3,(H,16,17). The van der Waals surface area contributed by atoms with Crippen LogP contribution in [0.5, 0.6) is 0 Å². The van der Waals surface area contributed by atoms with Crippen molar-refractivity contribution in [2.24, 2.45) is 0 Å². The summed E-state index contributed by atoms with van der Waals surface area (Å²) in [4.78, 5) is 15.3. The highest BCUT2D eigenvalue weighted by Gasteiger charge is 2.17. The Bertz CT molecular complexity index is 635. The van der Waals surface area contributed by atoms with Gasteiger partial charge in [-0.2, -0.15) is 0 Å². The number of fused-ring (bicyclic) bond motifs is 1. The second-order valence-corrected chi connectivity index (χ2v) is 5.87. The number of hydrogen-bond acceptors (Lipinski definition) is 1. The number of rotatable bonds is 0. The average Bonchev–Trinajstić information content (AvgIpc) is 2.17. The highest BCUT2D eigenvalue weighted by Crippen LogP contribution is 2.25. The van der Waals surface area contributed by atoms with E-state index in [9.17, 15) is 4.79 Å². The third kappa shape index (κ3) is 2.22. The van der Waals surface area contributed by atoms with Gasteiger partial charge in [0.15, 0.2) is 5.43 Å². The first-order chi connectivity index (χ1) is 7.79. The Kier molecular flexibility index (Phi) is 2.78. The minimum absolute atomic E-state index is 0.0225. The van der Waals surface area contributed by atoms with Crippen molar-refractivity contribution in [1.82, 2.24) is 4.98 Å². The van der Waals surface area contributed by atoms with Gasteiger partial charge in [-0.1, -0.05) is 32.4 Å². The van der Waals surface area contributed by atoms with E-state index in [2.05, 4.69) is 25.8 Å². The van der Waals surface area contributed by atoms with E-state index in [4.69, 9.17) is 11.6 Å². The molecule has 0 saturated carbocycles. The molecule has 0 spiro atoms. The van der Waals surface area contributed by atoms with E-state index in [1.807, 2.05) is 19.1 Å². The number of H-pyrrole nitrogens is 1. The zero-order valence-electron chi connectivity index (χ0n) is 10.5. The van der Waals surface area contributed by atoms with Crippen LogP contribution < -0.4 is 5.43 Å². The normalized spacial score (nSPS) is 12.1. The Morgan fingerprint density at radius 1 is 1.18 bits per heavy atom. The number of aromatic nitrogens is 1. The topological polar surface area (TPSA) is 32.9 Å². The van der Waals surface area contributed by atoms with E-state index in [0.29, 0.717) is 10.4 Å². The van der Waals surface area contributed by atoms with Crippen LogP contribution in [0.3, 0.4) is 0 Å². The van der Waals surface area contributed by atoms with Gasteiger partial charge in [0, 0.05) is 22.6 Å². The van der Waals surface area contributed by atoms with Crippen molar-refractivity contribution in [2.75, 3.05) is 0 Å². The Balaban J connectivity index is 2.88. The fourth-order valence-corrected chi connectivity index (χ4v) is 2.17. The van der Waals surface area contributed by atoms with Crippen LogP contribution in [-0.2, 0) is 5.41 Å². The Labute approximate surface area is 106 Å². The summed E-state index contributed by atoms with van der Waals surface area (Å²) in [7, 11) is 0. The average molecular weight is 250 g/mol. The number of nitrogens with one attached hydrogen (secondary N) is 1. The number of benzene rings is 1. The van der Waals surface area contributed by atoms with Crippen LogP contribution in [0.2, 0.25) is 5.02 Å². The lowest BCUT2D eigenvalue weighted by atomic mass is 9.91. The maximum Gasteiger partial charge on any atom is 0.189 e. The molecule has 0 aliphatic rings. The first-order valence-corrected chi connectivity index (χ1v) is 6.00. The number of pyridine rings is 1. The van der Waals surface area contributed by atoms with Crippen molar-refractivity contribution in [3.63, 3.8) is 0 Å². The molecule has 3 heteroatoms. The van der Waals surface area contributed by atoms with E-state index in [1.165, 1.54) is 0 Å². The fraction of sp³-hybridized carbons (Fsp3) is 0.357. The molecule has 1 aromatic heterocycles. The number of halogens is 1. The molecule has 0 atom stereocenters. The van der Waals surface area contributed by atoms with Crippen molar-refractivity contribution in [2.45, 2.75) is 33.1 Å². The summed E-state index contributed by atoms with van der Waals surface area (Å²) in [6.45, 7) is 8.12. The molecule has 0 bridgehead atoms. The largest absolute Gasteiger partial charge is 0.357 e. The first kappa shape index (κ1) is 12.2. The summed E-state index contributed by atoms with van der Waals surface area (Å²) in [5.41, 5.74) is 2.56. The molecular formula is C14H16ClNO. The molecule has 0 fully saturated rings. The molecule has 2 nitrogen and oxygen atoms in total. The zero-order valence-corrected chi connectivity index (χ0v) is 11.3. The van der Waals surface area contributed by atoms with Gasteiger partial charge in [0.05, 0.1) is 10.5 Å². The maximum absolute atomic E-state index is 12.1. The van der Waals surface area contributed by atoms with E-state index in [0.717, 1.165) is 16.8 Å². The summed E-state index contributed by atoms with van der Waals surface area (Å²) >= 11 is 6.19. The second kappa shape index (κ2) is 3.88. The zero-order chi connectivity index (χ0) is 12.8. The molecule has 1 N–H and O–H groups in total. The third-order valence-corrected chi connectivity index (χ3v) is 3.14. The molecule has 2 aromatic rings. The van der Waals surface area contributed by atoms with E-state index in [-0.39, 0.29) is 10.8 Å². The highest BCUT2D eigenvalue weighted by atomic mass is 35.5. The summed E-state index contributed by atoms with van der Waals surface area (Å²) in [6, 6.07) is 5.40. The molecular weight excluding hydrogens is 234 g/mol. The summed E-state index contributed by atoms with van der Waals surface area (Å²) in [6.07, 6.45) is 0. The molecule has 0 saturated heterocycles. The summed E-state index contributed by atoms with van der Waals surface area (Å²) < 4.78 is 0. The maximum atomic E-state index is 12.1. The predicted molar refractivity (Wildman–Crippen MR) is 73.0 cm³/mol. The van der Waals surface area contributed by atoms with Gasteiger partial charge >= 0.3 is 0 Å². The fourth-order valence-electron chi connectivity index (χ4n) is 1.85. The highest BCUT2D eigenvalue weighted by molar-refractivity contribution is 6.35. The number of hydrogen-bond donors (Lipinski definition) is 1. The van der Waals surface area contributed by atoms with E-state index < -0.39 is 0 Å². The van der Waals surface area contributed by atoms with Crippen LogP contribution in [-0.4, -0.2) is 4.98 Å². The molecule has 17 heavy (non-hydrogen) atoms. The molecule has 0 radical (unpaired) electrons. The molecule has 0 unspecified atom stereocenters. The third-order valence-electron chi connectivity index (χ3n) is 2.84. The summed E-state index contributed by atoms with van der Waals surface area (Å²) in [5.74, 6) is 0. The van der Waals surface area contributed by atoms with E-state index >= 15 is 0 Å². The lowest BCUT2D eigenvalue weighted by Crippen LogP contribution is -2.17. The molecule has 1 heterocycles. The predicted octanol–water partition coefficient (Wildman–Crippen LogP) is 3.79. The van der Waals surface area contributed by atoms with Gasteiger partial charge < -0.3 is 4.98 Å². The van der Waals surface area contributed by atoms with Gasteiger partial charge in [-0.25, -0.2) is 0 Å². The van der Waals surface area contributed by atoms with Crippen LogP contribution in [0.15, 0.2) is 23.0 Å². The molecule has 1 aromatic carbocycles. The number of aromatic amines is 1. The molecule has 0 aliphatic carbocycles. The minimum atomic E-state index is -0.0957. The lowest BCUT2D eigenvalue weighted by Gasteiger charge is -2.19. The van der Waals surface area contributed by atoms with Crippen molar-refractivity contribution in [1.29, 1.82) is 0 Å². The van der Waals surface area contributed by atoms with Gasteiger partial charge in [0.2, 0.25) is 0 Å². The molecule has 0 aliphatic heterocycles. The van der Waals surface area contributed by atoms with E-state index in [1.54, 1.807) is 6.07 Å². The Morgan fingerprint density at radius 3 is 2.41 bits per heavy atom. The van der Waals surface area contributed by atoms with Crippen LogP contribution in [0.4, 0.5) is 0 Å². The first-order valence-electron chi connectivity index (χ1n) is 5.63. The minimum Gasteiger partial charge on any atom is -0.357 e. The summed E-state index contributed by atoms with van der Waals surface area (Å²) in [5, 5.41) is 1.26. The van der Waals surface area contributed by atoms with Crippen molar-refractivity contribution >= 4 is 22.5 Å². The Hall–Kier alpha value is -1.28. The van der Waals surface area contributed by atoms with Gasteiger partial charge in [-0.05, 0) is 24.6 Å². The quantitative estimate of drug-likeness (QED) is 0.757. The number of aryl methyl sites for hydroxylation is 1. The molecule has 0 amide bonds. The Morgan fingerprint density at radius 2 is 1.82 bits per heavy atom. The molecule has 90 valence electrons. The second-order valence-electron chi connectivity index (χ2n) is 5.47. The van der Waals surface area contributed by atoms with Crippen molar-refractivity contribution in [3.8, 4) is 0 Å². The van der Waals surface area contributed by atoms with Crippen LogP contribution in [0.25, 0.3) is 10.9 Å².